The molecule has 1 atom stereocenters. The van der Waals surface area contributed by atoms with E-state index < -0.39 is 0 Å². The lowest BCUT2D eigenvalue weighted by molar-refractivity contribution is -0.134. The molecule has 7 nitrogen and oxygen atoms in total. The molecule has 29 heavy (non-hydrogen) atoms. The van der Waals surface area contributed by atoms with Crippen LogP contribution in [0, 0.1) is 6.92 Å². The number of aryl methyl sites for hydroxylation is 1. The quantitative estimate of drug-likeness (QED) is 0.634. The van der Waals surface area contributed by atoms with E-state index in [1.165, 1.54) is 0 Å². The first kappa shape index (κ1) is 19.0. The van der Waals surface area contributed by atoms with Crippen molar-refractivity contribution in [2.45, 2.75) is 25.8 Å². The van der Waals surface area contributed by atoms with Crippen LogP contribution in [-0.2, 0) is 4.79 Å². The number of amides is 1. The Balaban J connectivity index is 1.47. The standard InChI is InChI=1S/C22H23N3O4/c1-15-7-5-8-16(13-15)28-14-20(26)25-12-6-10-18(25)22-23-21(24-29-22)17-9-3-4-11-19(17)27-2/h3-5,7-9,11,13,18H,6,10,12,14H2,1-2H3/t18-/m1/s1. The van der Waals surface area contributed by atoms with E-state index in [0.717, 1.165) is 24.0 Å². The number of aromatic nitrogens is 2. The molecule has 1 aliphatic rings. The molecule has 150 valence electrons. The largest absolute Gasteiger partial charge is 0.496 e. The molecule has 1 saturated heterocycles. The van der Waals surface area contributed by atoms with Gasteiger partial charge in [0.25, 0.3) is 5.91 Å². The normalized spacial score (nSPS) is 16.1. The molecule has 1 aliphatic heterocycles. The van der Waals surface area contributed by atoms with E-state index in [2.05, 4.69) is 10.1 Å². The van der Waals surface area contributed by atoms with E-state index in [1.807, 2.05) is 55.5 Å². The summed E-state index contributed by atoms with van der Waals surface area (Å²) in [7, 11) is 1.60. The van der Waals surface area contributed by atoms with E-state index in [4.69, 9.17) is 14.0 Å². The summed E-state index contributed by atoms with van der Waals surface area (Å²) in [4.78, 5) is 19.1. The van der Waals surface area contributed by atoms with Gasteiger partial charge in [-0.1, -0.05) is 29.4 Å². The molecule has 0 spiro atoms. The lowest BCUT2D eigenvalue weighted by Gasteiger charge is -2.21. The third-order valence-corrected chi connectivity index (χ3v) is 5.00. The van der Waals surface area contributed by atoms with Crippen molar-refractivity contribution in [1.82, 2.24) is 15.0 Å². The van der Waals surface area contributed by atoms with Gasteiger partial charge in [-0.15, -0.1) is 0 Å². The van der Waals surface area contributed by atoms with Crippen LogP contribution in [0.1, 0.15) is 30.3 Å². The zero-order chi connectivity index (χ0) is 20.2. The fourth-order valence-electron chi connectivity index (χ4n) is 3.56. The zero-order valence-corrected chi connectivity index (χ0v) is 16.5. The van der Waals surface area contributed by atoms with Crippen molar-refractivity contribution in [2.75, 3.05) is 20.3 Å². The van der Waals surface area contributed by atoms with Crippen LogP contribution in [0.3, 0.4) is 0 Å². The Morgan fingerprint density at radius 1 is 1.24 bits per heavy atom. The molecular formula is C22H23N3O4. The van der Waals surface area contributed by atoms with Gasteiger partial charge in [-0.25, -0.2) is 0 Å². The highest BCUT2D eigenvalue weighted by Crippen LogP contribution is 2.34. The van der Waals surface area contributed by atoms with Crippen LogP contribution < -0.4 is 9.47 Å². The highest BCUT2D eigenvalue weighted by molar-refractivity contribution is 5.78. The number of rotatable bonds is 6. The minimum absolute atomic E-state index is 0.0204. The van der Waals surface area contributed by atoms with Crippen molar-refractivity contribution >= 4 is 5.91 Å². The highest BCUT2D eigenvalue weighted by atomic mass is 16.5. The van der Waals surface area contributed by atoms with Gasteiger partial charge in [0.2, 0.25) is 11.7 Å². The molecular weight excluding hydrogens is 370 g/mol. The summed E-state index contributed by atoms with van der Waals surface area (Å²) in [6.07, 6.45) is 1.66. The highest BCUT2D eigenvalue weighted by Gasteiger charge is 2.34. The third-order valence-electron chi connectivity index (χ3n) is 5.00. The van der Waals surface area contributed by atoms with Gasteiger partial charge in [0, 0.05) is 6.54 Å². The van der Waals surface area contributed by atoms with Crippen LogP contribution in [-0.4, -0.2) is 41.2 Å². The maximum atomic E-state index is 12.8. The topological polar surface area (TPSA) is 77.7 Å². The Bertz CT molecular complexity index is 1000. The summed E-state index contributed by atoms with van der Waals surface area (Å²) in [5.74, 6) is 2.15. The van der Waals surface area contributed by atoms with Crippen LogP contribution in [0.4, 0.5) is 0 Å². The summed E-state index contributed by atoms with van der Waals surface area (Å²) < 4.78 is 16.6. The Morgan fingerprint density at radius 3 is 2.93 bits per heavy atom. The molecule has 2 aromatic carbocycles. The lowest BCUT2D eigenvalue weighted by Crippen LogP contribution is -2.34. The van der Waals surface area contributed by atoms with Gasteiger partial charge in [-0.05, 0) is 49.6 Å². The fourth-order valence-corrected chi connectivity index (χ4v) is 3.56. The summed E-state index contributed by atoms with van der Waals surface area (Å²) in [6, 6.07) is 14.9. The summed E-state index contributed by atoms with van der Waals surface area (Å²) >= 11 is 0. The molecule has 7 heteroatoms. The minimum Gasteiger partial charge on any atom is -0.496 e. The third kappa shape index (κ3) is 4.08. The number of hydrogen-bond acceptors (Lipinski definition) is 6. The van der Waals surface area contributed by atoms with Gasteiger partial charge in [0.15, 0.2) is 6.61 Å². The molecule has 0 unspecified atom stereocenters. The molecule has 3 aromatic rings. The second-order valence-electron chi connectivity index (χ2n) is 7.01. The van der Waals surface area contributed by atoms with Crippen molar-refractivity contribution in [1.29, 1.82) is 0 Å². The summed E-state index contributed by atoms with van der Waals surface area (Å²) in [6.45, 7) is 2.61. The van der Waals surface area contributed by atoms with Crippen LogP contribution in [0.25, 0.3) is 11.4 Å². The predicted octanol–water partition coefficient (Wildman–Crippen LogP) is 3.80. The van der Waals surface area contributed by atoms with E-state index >= 15 is 0 Å². The number of methoxy groups -OCH3 is 1. The Morgan fingerprint density at radius 2 is 2.10 bits per heavy atom. The summed E-state index contributed by atoms with van der Waals surface area (Å²) in [5.41, 5.74) is 1.84. The van der Waals surface area contributed by atoms with Crippen LogP contribution in [0.2, 0.25) is 0 Å². The number of nitrogens with zero attached hydrogens (tertiary/aromatic N) is 3. The van der Waals surface area contributed by atoms with E-state index in [1.54, 1.807) is 12.0 Å². The minimum atomic E-state index is -0.237. The van der Waals surface area contributed by atoms with E-state index in [-0.39, 0.29) is 18.6 Å². The van der Waals surface area contributed by atoms with Crippen molar-refractivity contribution in [3.63, 3.8) is 0 Å². The molecule has 4 rings (SSSR count). The maximum Gasteiger partial charge on any atom is 0.261 e. The number of carbonyl (C=O) groups excluding carboxylic acids is 1. The van der Waals surface area contributed by atoms with Crippen molar-refractivity contribution in [3.8, 4) is 22.9 Å². The Labute approximate surface area is 169 Å². The molecule has 1 amide bonds. The second-order valence-corrected chi connectivity index (χ2v) is 7.01. The molecule has 0 N–H and O–H groups in total. The molecule has 0 saturated carbocycles. The second kappa shape index (κ2) is 8.34. The number of likely N-dealkylation sites (tertiary alicyclic amines) is 1. The van der Waals surface area contributed by atoms with Gasteiger partial charge in [-0.3, -0.25) is 4.79 Å². The summed E-state index contributed by atoms with van der Waals surface area (Å²) in [5, 5.41) is 4.10. The van der Waals surface area contributed by atoms with Gasteiger partial charge >= 0.3 is 0 Å². The molecule has 1 fully saturated rings. The molecule has 1 aromatic heterocycles. The number of carbonyl (C=O) groups is 1. The van der Waals surface area contributed by atoms with Crippen molar-refractivity contribution < 1.29 is 18.8 Å². The first-order chi connectivity index (χ1) is 14.2. The van der Waals surface area contributed by atoms with Crippen molar-refractivity contribution in [3.05, 3.63) is 60.0 Å². The molecule has 0 bridgehead atoms. The smallest absolute Gasteiger partial charge is 0.261 e. The van der Waals surface area contributed by atoms with Gasteiger partial charge < -0.3 is 18.9 Å². The van der Waals surface area contributed by atoms with Crippen molar-refractivity contribution in [2.24, 2.45) is 0 Å². The maximum absolute atomic E-state index is 12.8. The zero-order valence-electron chi connectivity index (χ0n) is 16.5. The first-order valence-electron chi connectivity index (χ1n) is 9.61. The number of hydrogen-bond donors (Lipinski definition) is 0. The number of ether oxygens (including phenoxy) is 2. The first-order valence-corrected chi connectivity index (χ1v) is 9.61. The number of benzene rings is 2. The monoisotopic (exact) mass is 393 g/mol. The van der Waals surface area contributed by atoms with Crippen LogP contribution in [0.5, 0.6) is 11.5 Å². The molecule has 0 radical (unpaired) electrons. The fraction of sp³-hybridized carbons (Fsp3) is 0.318. The van der Waals surface area contributed by atoms with Gasteiger partial charge in [0.05, 0.1) is 12.7 Å². The molecule has 2 heterocycles. The van der Waals surface area contributed by atoms with Gasteiger partial charge in [0.1, 0.15) is 17.5 Å². The number of para-hydroxylation sites is 1. The average Bonchev–Trinajstić information content (AvgIpc) is 3.41. The van der Waals surface area contributed by atoms with Crippen LogP contribution >= 0.6 is 0 Å². The van der Waals surface area contributed by atoms with E-state index in [9.17, 15) is 4.79 Å². The van der Waals surface area contributed by atoms with E-state index in [0.29, 0.717) is 29.8 Å². The molecule has 0 aliphatic carbocycles. The Hall–Kier alpha value is -3.35. The SMILES string of the molecule is COc1ccccc1-c1noc([C@H]2CCCN2C(=O)COc2cccc(C)c2)n1. The lowest BCUT2D eigenvalue weighted by atomic mass is 10.2. The van der Waals surface area contributed by atoms with Crippen LogP contribution in [0.15, 0.2) is 53.1 Å². The van der Waals surface area contributed by atoms with Gasteiger partial charge in [-0.2, -0.15) is 4.98 Å². The Kier molecular flexibility index (Phi) is 5.46. The predicted molar refractivity (Wildman–Crippen MR) is 107 cm³/mol. The average molecular weight is 393 g/mol.